The molecular weight excluding hydrogens is 364 g/mol. The number of rotatable bonds is 3. The molecule has 1 saturated carbocycles. The van der Waals surface area contributed by atoms with E-state index in [0.717, 1.165) is 25.9 Å². The fourth-order valence-corrected chi connectivity index (χ4v) is 4.41. The molecule has 1 saturated heterocycles. The molecule has 0 unspecified atom stereocenters. The number of alkyl carbamates (subject to hydrolysis) is 1. The number of carbonyl (C=O) groups excluding carboxylic acids is 2. The van der Waals surface area contributed by atoms with Crippen LogP contribution in [0.4, 0.5) is 4.79 Å². The number of terminal acetylenes is 1. The third-order valence-corrected chi connectivity index (χ3v) is 6.40. The van der Waals surface area contributed by atoms with Gasteiger partial charge in [0.15, 0.2) is 0 Å². The lowest BCUT2D eigenvalue weighted by atomic mass is 9.68. The fraction of sp³-hybridized carbons (Fsp3) is 0.583. The number of nitrogens with zero attached hydrogens (tertiary/aromatic N) is 1. The van der Waals surface area contributed by atoms with Crippen LogP contribution in [0.25, 0.3) is 0 Å². The van der Waals surface area contributed by atoms with Crippen LogP contribution in [0.3, 0.4) is 0 Å². The fourth-order valence-electron chi connectivity index (χ4n) is 4.41. The second-order valence-corrected chi connectivity index (χ2v) is 9.42. The van der Waals surface area contributed by atoms with E-state index in [4.69, 9.17) is 6.42 Å². The molecule has 0 atom stereocenters. The molecule has 1 N–H and O–H groups in total. The lowest BCUT2D eigenvalue weighted by Gasteiger charge is -2.45. The molecule has 1 heterocycles. The molecule has 0 bridgehead atoms. The van der Waals surface area contributed by atoms with Gasteiger partial charge in [-0.05, 0) is 48.1 Å². The zero-order valence-electron chi connectivity index (χ0n) is 18.0. The lowest BCUT2D eigenvalue weighted by Crippen LogP contribution is -2.60. The Balaban J connectivity index is 1.52. The minimum atomic E-state index is -0.749. The van der Waals surface area contributed by atoms with E-state index < -0.39 is 11.6 Å². The van der Waals surface area contributed by atoms with Crippen LogP contribution in [-0.2, 0) is 14.9 Å². The summed E-state index contributed by atoms with van der Waals surface area (Å²) < 4.78 is 4.63. The maximum atomic E-state index is 12.9. The topological polar surface area (TPSA) is 58.6 Å². The number of likely N-dealkylation sites (tertiary alicyclic amines) is 1. The van der Waals surface area contributed by atoms with Gasteiger partial charge in [-0.2, -0.15) is 0 Å². The Morgan fingerprint density at radius 1 is 1.17 bits per heavy atom. The molecule has 0 radical (unpaired) electrons. The van der Waals surface area contributed by atoms with E-state index in [1.807, 2.05) is 4.90 Å². The summed E-state index contributed by atoms with van der Waals surface area (Å²) in [5, 5.41) is 2.69. The molecule has 2 fully saturated rings. The van der Waals surface area contributed by atoms with Gasteiger partial charge in [0.1, 0.15) is 5.54 Å². The molecule has 3 rings (SSSR count). The number of amides is 2. The maximum absolute atomic E-state index is 12.9. The monoisotopic (exact) mass is 396 g/mol. The largest absolute Gasteiger partial charge is 0.453 e. The first-order valence-corrected chi connectivity index (χ1v) is 10.4. The SMILES string of the molecule is C#CC1(NC(=O)OC)CC(C(=O)N2CCC(c3ccc(C(C)(C)C)cc3)CC2)C1. The molecule has 1 aliphatic heterocycles. The first kappa shape index (κ1) is 21.2. The van der Waals surface area contributed by atoms with Crippen molar-refractivity contribution in [1.29, 1.82) is 0 Å². The molecule has 1 aromatic rings. The predicted octanol–water partition coefficient (Wildman–Crippen LogP) is 3.83. The van der Waals surface area contributed by atoms with Gasteiger partial charge >= 0.3 is 6.09 Å². The van der Waals surface area contributed by atoms with Crippen LogP contribution in [0.5, 0.6) is 0 Å². The van der Waals surface area contributed by atoms with Crippen molar-refractivity contribution >= 4 is 12.0 Å². The standard InChI is InChI=1S/C24H32N2O3/c1-6-24(25-22(28)29-5)15-19(16-24)21(27)26-13-11-18(12-14-26)17-7-9-20(10-8-17)23(2,3)4/h1,7-10,18-19H,11-16H2,2-5H3,(H,25,28). The van der Waals surface area contributed by atoms with Crippen LogP contribution < -0.4 is 5.32 Å². The summed E-state index contributed by atoms with van der Waals surface area (Å²) in [6.07, 6.45) is 7.95. The molecular formula is C24H32N2O3. The normalized spacial score (nSPS) is 24.9. The number of nitrogens with one attached hydrogen (secondary N) is 1. The Hall–Kier alpha value is -2.48. The van der Waals surface area contributed by atoms with Crippen molar-refractivity contribution in [3.8, 4) is 12.3 Å². The van der Waals surface area contributed by atoms with Gasteiger partial charge in [0.05, 0.1) is 7.11 Å². The Morgan fingerprint density at radius 2 is 1.76 bits per heavy atom. The van der Waals surface area contributed by atoms with E-state index in [-0.39, 0.29) is 17.2 Å². The van der Waals surface area contributed by atoms with Crippen molar-refractivity contribution in [1.82, 2.24) is 10.2 Å². The number of carbonyl (C=O) groups is 2. The van der Waals surface area contributed by atoms with Crippen LogP contribution in [0.1, 0.15) is 63.5 Å². The molecule has 1 aromatic carbocycles. The van der Waals surface area contributed by atoms with E-state index >= 15 is 0 Å². The zero-order chi connectivity index (χ0) is 21.2. The highest BCUT2D eigenvalue weighted by Crippen LogP contribution is 2.40. The Bertz CT molecular complexity index is 787. The van der Waals surface area contributed by atoms with Crippen molar-refractivity contribution in [2.75, 3.05) is 20.2 Å². The van der Waals surface area contributed by atoms with Crippen molar-refractivity contribution in [3.05, 3.63) is 35.4 Å². The summed E-state index contributed by atoms with van der Waals surface area (Å²) in [5.74, 6) is 3.17. The lowest BCUT2D eigenvalue weighted by molar-refractivity contribution is -0.141. The molecule has 5 heteroatoms. The van der Waals surface area contributed by atoms with Gasteiger partial charge < -0.3 is 15.0 Å². The molecule has 1 aliphatic carbocycles. The number of benzene rings is 1. The van der Waals surface area contributed by atoms with Gasteiger partial charge in [0.25, 0.3) is 0 Å². The predicted molar refractivity (Wildman–Crippen MR) is 114 cm³/mol. The number of hydrogen-bond donors (Lipinski definition) is 1. The van der Waals surface area contributed by atoms with Gasteiger partial charge in [-0.1, -0.05) is 51.0 Å². The van der Waals surface area contributed by atoms with Crippen molar-refractivity contribution in [3.63, 3.8) is 0 Å². The van der Waals surface area contributed by atoms with Crippen LogP contribution in [-0.4, -0.2) is 42.6 Å². The van der Waals surface area contributed by atoms with Gasteiger partial charge in [-0.25, -0.2) is 4.79 Å². The smallest absolute Gasteiger partial charge is 0.408 e. The summed E-state index contributed by atoms with van der Waals surface area (Å²) in [4.78, 5) is 26.3. The maximum Gasteiger partial charge on any atom is 0.408 e. The van der Waals surface area contributed by atoms with E-state index in [2.05, 4.69) is 61.0 Å². The van der Waals surface area contributed by atoms with Gasteiger partial charge in [-0.15, -0.1) is 6.42 Å². The summed E-state index contributed by atoms with van der Waals surface area (Å²) in [6.45, 7) is 8.22. The highest BCUT2D eigenvalue weighted by Gasteiger charge is 2.49. The molecule has 29 heavy (non-hydrogen) atoms. The molecule has 0 spiro atoms. The highest BCUT2D eigenvalue weighted by molar-refractivity contribution is 5.81. The second-order valence-electron chi connectivity index (χ2n) is 9.42. The van der Waals surface area contributed by atoms with Gasteiger partial charge in [0.2, 0.25) is 5.91 Å². The van der Waals surface area contributed by atoms with Gasteiger partial charge in [-0.3, -0.25) is 4.79 Å². The van der Waals surface area contributed by atoms with Crippen LogP contribution in [0.15, 0.2) is 24.3 Å². The summed E-state index contributed by atoms with van der Waals surface area (Å²) in [6, 6.07) is 8.95. The third-order valence-electron chi connectivity index (χ3n) is 6.40. The van der Waals surface area contributed by atoms with Crippen LogP contribution in [0.2, 0.25) is 0 Å². The van der Waals surface area contributed by atoms with E-state index in [9.17, 15) is 9.59 Å². The number of hydrogen-bond acceptors (Lipinski definition) is 3. The average molecular weight is 397 g/mol. The molecule has 5 nitrogen and oxygen atoms in total. The molecule has 2 amide bonds. The first-order chi connectivity index (χ1) is 13.7. The minimum Gasteiger partial charge on any atom is -0.453 e. The zero-order valence-corrected chi connectivity index (χ0v) is 18.0. The van der Waals surface area contributed by atoms with Gasteiger partial charge in [0, 0.05) is 19.0 Å². The number of piperidine rings is 1. The quantitative estimate of drug-likeness (QED) is 0.790. The molecule has 2 aliphatic rings. The Labute approximate surface area is 174 Å². The van der Waals surface area contributed by atoms with Crippen molar-refractivity contribution in [2.24, 2.45) is 5.92 Å². The Kier molecular flexibility index (Phi) is 5.93. The van der Waals surface area contributed by atoms with E-state index in [1.165, 1.54) is 18.2 Å². The van der Waals surface area contributed by atoms with E-state index in [1.54, 1.807) is 0 Å². The van der Waals surface area contributed by atoms with Crippen LogP contribution in [0, 0.1) is 18.3 Å². The first-order valence-electron chi connectivity index (χ1n) is 10.4. The van der Waals surface area contributed by atoms with Crippen molar-refractivity contribution in [2.45, 2.75) is 63.3 Å². The van der Waals surface area contributed by atoms with Crippen molar-refractivity contribution < 1.29 is 14.3 Å². The Morgan fingerprint density at radius 3 is 2.24 bits per heavy atom. The molecule has 156 valence electrons. The minimum absolute atomic E-state index is 0.120. The molecule has 0 aromatic heterocycles. The summed E-state index contributed by atoms with van der Waals surface area (Å²) in [5.41, 5.74) is 2.12. The second kappa shape index (κ2) is 8.10. The van der Waals surface area contributed by atoms with Crippen LogP contribution >= 0.6 is 0 Å². The summed E-state index contributed by atoms with van der Waals surface area (Å²) >= 11 is 0. The highest BCUT2D eigenvalue weighted by atomic mass is 16.5. The third kappa shape index (κ3) is 4.58. The number of methoxy groups -OCH3 is 1. The average Bonchev–Trinajstić information content (AvgIpc) is 2.69. The van der Waals surface area contributed by atoms with E-state index in [0.29, 0.717) is 18.8 Å². The number of ether oxygens (including phenoxy) is 1. The summed E-state index contributed by atoms with van der Waals surface area (Å²) in [7, 11) is 1.31.